The number of benzene rings is 2. The molecule has 3 aromatic rings. The van der Waals surface area contributed by atoms with Crippen LogP contribution >= 0.6 is 11.3 Å². The van der Waals surface area contributed by atoms with Crippen LogP contribution in [0, 0.1) is 6.92 Å². The first-order valence-electron chi connectivity index (χ1n) is 9.79. The number of aromatic nitrogens is 1. The average molecular weight is 406 g/mol. The molecule has 0 radical (unpaired) electrons. The standard InChI is InChI=1S/C23H23N3O2S/c1-15-7-9-17(10-8-15)21(27)26-23-25-20-18(11-12-19(20)29-23)22(28)24-14-13-16-5-3-2-4-6-16/h2-10,18H,11-14H2,1H3,(H,24,28)(H,25,26,27). The number of amides is 2. The molecule has 2 aromatic carbocycles. The first-order chi connectivity index (χ1) is 14.1. The molecule has 6 heteroatoms. The van der Waals surface area contributed by atoms with E-state index in [1.165, 1.54) is 16.9 Å². The summed E-state index contributed by atoms with van der Waals surface area (Å²) in [5.74, 6) is -0.398. The van der Waals surface area contributed by atoms with Crippen molar-refractivity contribution in [1.82, 2.24) is 10.3 Å². The average Bonchev–Trinajstić information content (AvgIpc) is 3.29. The Morgan fingerprint density at radius 1 is 1.10 bits per heavy atom. The van der Waals surface area contributed by atoms with Gasteiger partial charge in [0.2, 0.25) is 5.91 Å². The summed E-state index contributed by atoms with van der Waals surface area (Å²) in [6.45, 7) is 2.59. The predicted molar refractivity (Wildman–Crippen MR) is 115 cm³/mol. The van der Waals surface area contributed by atoms with Gasteiger partial charge in [-0.2, -0.15) is 0 Å². The Morgan fingerprint density at radius 2 is 1.86 bits per heavy atom. The van der Waals surface area contributed by atoms with Crippen molar-refractivity contribution in [3.63, 3.8) is 0 Å². The van der Waals surface area contributed by atoms with Crippen molar-refractivity contribution >= 4 is 28.3 Å². The highest BCUT2D eigenvalue weighted by atomic mass is 32.1. The summed E-state index contributed by atoms with van der Waals surface area (Å²) in [6, 6.07) is 17.5. The lowest BCUT2D eigenvalue weighted by molar-refractivity contribution is -0.122. The second-order valence-corrected chi connectivity index (χ2v) is 8.35. The number of aryl methyl sites for hydroxylation is 2. The van der Waals surface area contributed by atoms with Gasteiger partial charge in [0.25, 0.3) is 5.91 Å². The van der Waals surface area contributed by atoms with Crippen molar-refractivity contribution in [3.8, 4) is 0 Å². The van der Waals surface area contributed by atoms with E-state index in [9.17, 15) is 9.59 Å². The first-order valence-corrected chi connectivity index (χ1v) is 10.6. The fraction of sp³-hybridized carbons (Fsp3) is 0.261. The van der Waals surface area contributed by atoms with Crippen LogP contribution in [0.3, 0.4) is 0 Å². The molecule has 1 aromatic heterocycles. The molecule has 0 aliphatic heterocycles. The van der Waals surface area contributed by atoms with E-state index in [-0.39, 0.29) is 17.7 Å². The van der Waals surface area contributed by atoms with Crippen LogP contribution in [0.15, 0.2) is 54.6 Å². The van der Waals surface area contributed by atoms with E-state index >= 15 is 0 Å². The fourth-order valence-corrected chi connectivity index (χ4v) is 4.54. The van der Waals surface area contributed by atoms with Crippen LogP contribution in [0.2, 0.25) is 0 Å². The maximum Gasteiger partial charge on any atom is 0.257 e. The van der Waals surface area contributed by atoms with Crippen LogP contribution in [0.1, 0.15) is 44.4 Å². The van der Waals surface area contributed by atoms with Crippen LogP contribution in [0.25, 0.3) is 0 Å². The molecule has 1 aliphatic carbocycles. The zero-order chi connectivity index (χ0) is 20.2. The van der Waals surface area contributed by atoms with Gasteiger partial charge < -0.3 is 5.32 Å². The van der Waals surface area contributed by atoms with Gasteiger partial charge in [0.15, 0.2) is 5.13 Å². The second kappa shape index (κ2) is 8.57. The quantitative estimate of drug-likeness (QED) is 0.649. The zero-order valence-corrected chi connectivity index (χ0v) is 17.1. The van der Waals surface area contributed by atoms with E-state index in [1.54, 1.807) is 12.1 Å². The maximum absolute atomic E-state index is 12.6. The number of fused-ring (bicyclic) bond motifs is 1. The summed E-state index contributed by atoms with van der Waals surface area (Å²) in [6.07, 6.45) is 2.41. The number of thiazole rings is 1. The monoisotopic (exact) mass is 405 g/mol. The maximum atomic E-state index is 12.6. The Kier molecular flexibility index (Phi) is 5.71. The lowest BCUT2D eigenvalue weighted by Crippen LogP contribution is -2.30. The van der Waals surface area contributed by atoms with Gasteiger partial charge in [0.1, 0.15) is 0 Å². The van der Waals surface area contributed by atoms with Crippen molar-refractivity contribution in [2.24, 2.45) is 0 Å². The number of carbonyl (C=O) groups is 2. The van der Waals surface area contributed by atoms with Crippen molar-refractivity contribution in [2.45, 2.75) is 32.1 Å². The van der Waals surface area contributed by atoms with Crippen LogP contribution in [0.4, 0.5) is 5.13 Å². The third-order valence-corrected chi connectivity index (χ3v) is 6.17. The highest BCUT2D eigenvalue weighted by Crippen LogP contribution is 2.38. The van der Waals surface area contributed by atoms with E-state index in [0.717, 1.165) is 35.4 Å². The number of hydrogen-bond acceptors (Lipinski definition) is 4. The van der Waals surface area contributed by atoms with Crippen LogP contribution in [0.5, 0.6) is 0 Å². The number of anilines is 1. The highest BCUT2D eigenvalue weighted by Gasteiger charge is 2.32. The molecule has 0 fully saturated rings. The second-order valence-electron chi connectivity index (χ2n) is 7.27. The molecule has 1 unspecified atom stereocenters. The van der Waals surface area contributed by atoms with Gasteiger partial charge in [0, 0.05) is 17.0 Å². The molecule has 148 valence electrons. The molecule has 1 aliphatic rings. The van der Waals surface area contributed by atoms with E-state index in [1.807, 2.05) is 37.3 Å². The molecule has 0 saturated carbocycles. The number of nitrogens with one attached hydrogen (secondary N) is 2. The Morgan fingerprint density at radius 3 is 2.62 bits per heavy atom. The fourth-order valence-electron chi connectivity index (χ4n) is 3.51. The highest BCUT2D eigenvalue weighted by molar-refractivity contribution is 7.16. The third kappa shape index (κ3) is 4.54. The Balaban J connectivity index is 1.36. The molecule has 1 atom stereocenters. The lowest BCUT2D eigenvalue weighted by atomic mass is 10.1. The van der Waals surface area contributed by atoms with Gasteiger partial charge in [-0.1, -0.05) is 48.0 Å². The van der Waals surface area contributed by atoms with Gasteiger partial charge in [-0.15, -0.1) is 11.3 Å². The molecule has 1 heterocycles. The number of nitrogens with zero attached hydrogens (tertiary/aromatic N) is 1. The summed E-state index contributed by atoms with van der Waals surface area (Å²) in [5.41, 5.74) is 3.72. The minimum atomic E-state index is -0.234. The topological polar surface area (TPSA) is 71.1 Å². The molecule has 29 heavy (non-hydrogen) atoms. The molecule has 0 saturated heterocycles. The summed E-state index contributed by atoms with van der Waals surface area (Å²) in [7, 11) is 0. The molecule has 0 bridgehead atoms. The summed E-state index contributed by atoms with van der Waals surface area (Å²) in [4.78, 5) is 30.7. The summed E-state index contributed by atoms with van der Waals surface area (Å²) < 4.78 is 0. The number of rotatable bonds is 6. The van der Waals surface area contributed by atoms with Gasteiger partial charge in [-0.25, -0.2) is 4.98 Å². The normalized spacial score (nSPS) is 15.0. The van der Waals surface area contributed by atoms with Crippen molar-refractivity contribution < 1.29 is 9.59 Å². The molecular formula is C23H23N3O2S. The third-order valence-electron chi connectivity index (χ3n) is 5.12. The molecule has 2 amide bonds. The van der Waals surface area contributed by atoms with E-state index in [4.69, 9.17) is 0 Å². The SMILES string of the molecule is Cc1ccc(C(=O)Nc2nc3c(s2)CCC3C(=O)NCCc2ccccc2)cc1. The summed E-state index contributed by atoms with van der Waals surface area (Å²) in [5, 5.41) is 6.46. The number of carbonyl (C=O) groups excluding carboxylic acids is 2. The van der Waals surface area contributed by atoms with Crippen LogP contribution < -0.4 is 10.6 Å². The van der Waals surface area contributed by atoms with Crippen molar-refractivity contribution in [1.29, 1.82) is 0 Å². The van der Waals surface area contributed by atoms with E-state index in [0.29, 0.717) is 17.2 Å². The Bertz CT molecular complexity index is 1010. The Labute approximate surface area is 174 Å². The van der Waals surface area contributed by atoms with Crippen LogP contribution in [-0.2, 0) is 17.6 Å². The van der Waals surface area contributed by atoms with Gasteiger partial charge >= 0.3 is 0 Å². The molecule has 0 spiro atoms. The van der Waals surface area contributed by atoms with Crippen molar-refractivity contribution in [2.75, 3.05) is 11.9 Å². The van der Waals surface area contributed by atoms with Gasteiger partial charge in [-0.05, 0) is 43.9 Å². The molecule has 5 nitrogen and oxygen atoms in total. The van der Waals surface area contributed by atoms with Gasteiger partial charge in [0.05, 0.1) is 11.6 Å². The first kappa shape index (κ1) is 19.3. The molecular weight excluding hydrogens is 382 g/mol. The van der Waals surface area contributed by atoms with Gasteiger partial charge in [-0.3, -0.25) is 14.9 Å². The summed E-state index contributed by atoms with van der Waals surface area (Å²) >= 11 is 1.47. The lowest BCUT2D eigenvalue weighted by Gasteiger charge is -2.11. The number of hydrogen-bond donors (Lipinski definition) is 2. The van der Waals surface area contributed by atoms with E-state index < -0.39 is 0 Å². The minimum absolute atomic E-state index is 0.0152. The Hall–Kier alpha value is -2.99. The molecule has 4 rings (SSSR count). The largest absolute Gasteiger partial charge is 0.355 e. The van der Waals surface area contributed by atoms with Crippen molar-refractivity contribution in [3.05, 3.63) is 81.9 Å². The molecule has 2 N–H and O–H groups in total. The van der Waals surface area contributed by atoms with Crippen LogP contribution in [-0.4, -0.2) is 23.3 Å². The predicted octanol–water partition coefficient (Wildman–Crippen LogP) is 4.09. The smallest absolute Gasteiger partial charge is 0.257 e. The minimum Gasteiger partial charge on any atom is -0.355 e. The van der Waals surface area contributed by atoms with E-state index in [2.05, 4.69) is 27.8 Å². The zero-order valence-electron chi connectivity index (χ0n) is 16.3.